The van der Waals surface area contributed by atoms with Gasteiger partial charge in [0.15, 0.2) is 0 Å². The van der Waals surface area contributed by atoms with E-state index in [0.29, 0.717) is 12.8 Å². The second-order valence-corrected chi connectivity index (χ2v) is 8.78. The van der Waals surface area contributed by atoms with Crippen LogP contribution in [-0.2, 0) is 4.79 Å². The molecule has 1 aliphatic rings. The lowest BCUT2D eigenvalue weighted by molar-refractivity contribution is -0.118. The third-order valence-corrected chi connectivity index (χ3v) is 6.25. The van der Waals surface area contributed by atoms with Crippen molar-refractivity contribution >= 4 is 29.0 Å². The molecule has 3 aromatic rings. The first-order chi connectivity index (χ1) is 15.9. The Morgan fingerprint density at radius 2 is 1.64 bits per heavy atom. The van der Waals surface area contributed by atoms with Crippen LogP contribution in [0.5, 0.6) is 0 Å². The van der Waals surface area contributed by atoms with Crippen molar-refractivity contribution in [2.75, 3.05) is 15.1 Å². The Morgan fingerprint density at radius 3 is 2.30 bits per heavy atom. The molecule has 5 heteroatoms. The van der Waals surface area contributed by atoms with Crippen LogP contribution in [0.25, 0.3) is 0 Å². The summed E-state index contributed by atoms with van der Waals surface area (Å²) in [5.74, 6) is 0.0988. The Balaban J connectivity index is 1.82. The molecule has 2 atom stereocenters. The van der Waals surface area contributed by atoms with Gasteiger partial charge in [0, 0.05) is 29.5 Å². The van der Waals surface area contributed by atoms with E-state index in [1.54, 1.807) is 0 Å². The summed E-state index contributed by atoms with van der Waals surface area (Å²) in [6.07, 6.45) is 1.09. The molecular weight excluding hydrogens is 410 g/mol. The minimum Gasteiger partial charge on any atom is -0.309 e. The Hall–Kier alpha value is -3.60. The lowest BCUT2D eigenvalue weighted by Gasteiger charge is -2.43. The summed E-state index contributed by atoms with van der Waals surface area (Å²) in [7, 11) is 0. The number of amides is 3. The van der Waals surface area contributed by atoms with E-state index in [4.69, 9.17) is 0 Å². The minimum atomic E-state index is -0.206. The summed E-state index contributed by atoms with van der Waals surface area (Å²) in [4.78, 5) is 30.3. The van der Waals surface area contributed by atoms with Gasteiger partial charge in [0.05, 0.1) is 6.04 Å². The maximum atomic E-state index is 13.7. The molecule has 1 heterocycles. The normalized spacial score (nSPS) is 17.3. The van der Waals surface area contributed by atoms with Crippen LogP contribution < -0.4 is 15.1 Å². The number of rotatable bonds is 4. The van der Waals surface area contributed by atoms with Crippen molar-refractivity contribution in [1.29, 1.82) is 0 Å². The number of nitrogens with zero attached hydrogens (tertiary/aromatic N) is 2. The number of benzene rings is 3. The van der Waals surface area contributed by atoms with E-state index in [0.717, 1.165) is 33.8 Å². The average molecular weight is 442 g/mol. The molecule has 5 nitrogen and oxygen atoms in total. The monoisotopic (exact) mass is 441 g/mol. The number of nitrogens with one attached hydrogen (secondary N) is 1. The van der Waals surface area contributed by atoms with Crippen LogP contribution in [0.15, 0.2) is 72.8 Å². The predicted octanol–water partition coefficient (Wildman–Crippen LogP) is 6.62. The van der Waals surface area contributed by atoms with Crippen molar-refractivity contribution in [2.24, 2.45) is 0 Å². The van der Waals surface area contributed by atoms with Gasteiger partial charge in [-0.2, -0.15) is 0 Å². The molecular formula is C28H31N3O2. The van der Waals surface area contributed by atoms with Crippen molar-refractivity contribution in [2.45, 2.75) is 52.6 Å². The largest absolute Gasteiger partial charge is 0.326 e. The molecule has 0 fully saturated rings. The number of carbonyl (C=O) groups is 2. The van der Waals surface area contributed by atoms with Crippen LogP contribution >= 0.6 is 0 Å². The van der Waals surface area contributed by atoms with Crippen molar-refractivity contribution in [3.8, 4) is 0 Å². The number of hydrogen-bond acceptors (Lipinski definition) is 2. The summed E-state index contributed by atoms with van der Waals surface area (Å²) in [5, 5.41) is 3.06. The molecule has 33 heavy (non-hydrogen) atoms. The number of fused-ring (bicyclic) bond motifs is 1. The van der Waals surface area contributed by atoms with Crippen LogP contribution in [0.4, 0.5) is 21.9 Å². The first-order valence-electron chi connectivity index (χ1n) is 11.5. The van der Waals surface area contributed by atoms with E-state index < -0.39 is 0 Å². The van der Waals surface area contributed by atoms with E-state index in [1.165, 1.54) is 0 Å². The van der Waals surface area contributed by atoms with Gasteiger partial charge in [0.1, 0.15) is 0 Å². The van der Waals surface area contributed by atoms with Gasteiger partial charge in [0.2, 0.25) is 5.91 Å². The molecule has 0 aliphatic carbocycles. The Bertz CT molecular complexity index is 1140. The maximum absolute atomic E-state index is 13.7. The molecule has 1 aliphatic heterocycles. The molecule has 0 saturated heterocycles. The number of para-hydroxylation sites is 1. The van der Waals surface area contributed by atoms with Crippen molar-refractivity contribution in [1.82, 2.24) is 0 Å². The standard InChI is InChI=1S/C28H31N3O2/c1-5-27(32)30-21(4)18-26(24-17-20(3)13-16-25(24)30)31(23-14-11-19(2)12-15-23)28(33)29-22-9-7-6-8-10-22/h6-17,21,26H,5,18H2,1-4H3,(H,29,33)/t21-,26+/m1/s1. The summed E-state index contributed by atoms with van der Waals surface area (Å²) in [6, 6.07) is 23.3. The highest BCUT2D eigenvalue weighted by Gasteiger charge is 2.38. The molecule has 3 aromatic carbocycles. The first kappa shape index (κ1) is 22.6. The number of aryl methyl sites for hydroxylation is 2. The summed E-state index contributed by atoms with van der Waals surface area (Å²) >= 11 is 0. The topological polar surface area (TPSA) is 52.7 Å². The molecule has 0 spiro atoms. The average Bonchev–Trinajstić information content (AvgIpc) is 2.81. The quantitative estimate of drug-likeness (QED) is 0.495. The number of anilines is 3. The van der Waals surface area contributed by atoms with E-state index >= 15 is 0 Å². The van der Waals surface area contributed by atoms with E-state index in [2.05, 4.69) is 18.3 Å². The molecule has 0 saturated carbocycles. The van der Waals surface area contributed by atoms with E-state index in [-0.39, 0.29) is 24.0 Å². The van der Waals surface area contributed by atoms with Crippen LogP contribution in [0.1, 0.15) is 49.4 Å². The smallest absolute Gasteiger partial charge is 0.309 e. The first-order valence-corrected chi connectivity index (χ1v) is 11.5. The molecule has 1 N–H and O–H groups in total. The summed E-state index contributed by atoms with van der Waals surface area (Å²) in [5.41, 5.74) is 5.70. The third kappa shape index (κ3) is 4.63. The van der Waals surface area contributed by atoms with Gasteiger partial charge in [-0.25, -0.2) is 4.79 Å². The second kappa shape index (κ2) is 9.49. The number of urea groups is 1. The van der Waals surface area contributed by atoms with Gasteiger partial charge >= 0.3 is 6.03 Å². The number of hydrogen-bond donors (Lipinski definition) is 1. The highest BCUT2D eigenvalue weighted by molar-refractivity contribution is 6.03. The Labute approximate surface area is 196 Å². The Morgan fingerprint density at radius 1 is 0.970 bits per heavy atom. The zero-order chi connectivity index (χ0) is 23.5. The lowest BCUT2D eigenvalue weighted by Crippen LogP contribution is -2.48. The van der Waals surface area contributed by atoms with E-state index in [1.807, 2.05) is 97.3 Å². The SMILES string of the molecule is CCC(=O)N1c2ccc(C)cc2[C@@H](N(C(=O)Nc2ccccc2)c2ccc(C)cc2)C[C@H]1C. The molecule has 0 aromatic heterocycles. The van der Waals surface area contributed by atoms with Gasteiger partial charge in [0.25, 0.3) is 0 Å². The van der Waals surface area contributed by atoms with Crippen LogP contribution in [-0.4, -0.2) is 18.0 Å². The summed E-state index contributed by atoms with van der Waals surface area (Å²) in [6.45, 7) is 8.03. The van der Waals surface area contributed by atoms with Gasteiger partial charge < -0.3 is 10.2 Å². The van der Waals surface area contributed by atoms with Gasteiger partial charge in [-0.3, -0.25) is 9.69 Å². The van der Waals surface area contributed by atoms with Crippen molar-refractivity contribution in [3.05, 3.63) is 89.5 Å². The fourth-order valence-electron chi connectivity index (χ4n) is 4.60. The Kier molecular flexibility index (Phi) is 6.50. The molecule has 0 unspecified atom stereocenters. The number of carbonyl (C=O) groups excluding carboxylic acids is 2. The van der Waals surface area contributed by atoms with Crippen molar-refractivity contribution in [3.63, 3.8) is 0 Å². The van der Waals surface area contributed by atoms with Gasteiger partial charge in [-0.05, 0) is 63.1 Å². The molecule has 0 bridgehead atoms. The molecule has 3 amide bonds. The zero-order valence-electron chi connectivity index (χ0n) is 19.7. The predicted molar refractivity (Wildman–Crippen MR) is 135 cm³/mol. The molecule has 170 valence electrons. The summed E-state index contributed by atoms with van der Waals surface area (Å²) < 4.78 is 0. The fourth-order valence-corrected chi connectivity index (χ4v) is 4.60. The highest BCUT2D eigenvalue weighted by atomic mass is 16.2. The van der Waals surface area contributed by atoms with Gasteiger partial charge in [-0.1, -0.05) is 60.5 Å². The highest BCUT2D eigenvalue weighted by Crippen LogP contribution is 2.43. The molecule has 0 radical (unpaired) electrons. The van der Waals surface area contributed by atoms with Crippen molar-refractivity contribution < 1.29 is 9.59 Å². The van der Waals surface area contributed by atoms with E-state index in [9.17, 15) is 9.59 Å². The zero-order valence-corrected chi connectivity index (χ0v) is 19.7. The van der Waals surface area contributed by atoms with Crippen LogP contribution in [0.3, 0.4) is 0 Å². The second-order valence-electron chi connectivity index (χ2n) is 8.78. The minimum absolute atomic E-state index is 0.0323. The van der Waals surface area contributed by atoms with Crippen LogP contribution in [0.2, 0.25) is 0 Å². The third-order valence-electron chi connectivity index (χ3n) is 6.25. The fraction of sp³-hybridized carbons (Fsp3) is 0.286. The molecule has 4 rings (SSSR count). The van der Waals surface area contributed by atoms with Gasteiger partial charge in [-0.15, -0.1) is 0 Å². The maximum Gasteiger partial charge on any atom is 0.326 e. The van der Waals surface area contributed by atoms with Crippen LogP contribution in [0, 0.1) is 13.8 Å². The lowest BCUT2D eigenvalue weighted by atomic mass is 9.89.